The van der Waals surface area contributed by atoms with Gasteiger partial charge in [0.15, 0.2) is 11.5 Å². The van der Waals surface area contributed by atoms with E-state index in [9.17, 15) is 5.11 Å². The first-order chi connectivity index (χ1) is 6.60. The van der Waals surface area contributed by atoms with E-state index >= 15 is 0 Å². The van der Waals surface area contributed by atoms with Crippen molar-refractivity contribution in [3.05, 3.63) is 34.8 Å². The molecule has 0 aromatic heterocycles. The fourth-order valence-electron chi connectivity index (χ4n) is 1.13. The lowest BCUT2D eigenvalue weighted by Crippen LogP contribution is -2.07. The molecule has 0 aliphatic heterocycles. The van der Waals surface area contributed by atoms with Gasteiger partial charge in [-0.25, -0.2) is 0 Å². The quantitative estimate of drug-likeness (QED) is 0.818. The average molecular weight is 258 g/mol. The number of halogens is 1. The summed E-state index contributed by atoms with van der Waals surface area (Å²) < 4.78 is 5.80. The summed E-state index contributed by atoms with van der Waals surface area (Å²) in [7, 11) is 1.49. The molecule has 0 aliphatic carbocycles. The zero-order valence-corrected chi connectivity index (χ0v) is 9.41. The molecule has 0 spiro atoms. The van der Waals surface area contributed by atoms with Crippen LogP contribution in [0.3, 0.4) is 0 Å². The highest BCUT2D eigenvalue weighted by Crippen LogP contribution is 2.36. The zero-order valence-electron chi connectivity index (χ0n) is 7.83. The van der Waals surface area contributed by atoms with Gasteiger partial charge in [0.2, 0.25) is 0 Å². The Bertz CT molecular complexity index is 352. The maximum Gasteiger partial charge on any atom is 0.162 e. The Labute approximate surface area is 91.3 Å². The molecule has 14 heavy (non-hydrogen) atoms. The van der Waals surface area contributed by atoms with Crippen molar-refractivity contribution < 1.29 is 9.84 Å². The predicted molar refractivity (Wildman–Crippen MR) is 59.5 cm³/mol. The minimum atomic E-state index is -0.401. The van der Waals surface area contributed by atoms with Crippen LogP contribution < -0.4 is 10.5 Å². The van der Waals surface area contributed by atoms with Crippen LogP contribution in [0.2, 0.25) is 0 Å². The molecule has 0 saturated heterocycles. The number of benzene rings is 1. The molecule has 0 radical (unpaired) electrons. The van der Waals surface area contributed by atoms with Crippen molar-refractivity contribution in [1.29, 1.82) is 0 Å². The number of methoxy groups -OCH3 is 1. The van der Waals surface area contributed by atoms with E-state index in [0.29, 0.717) is 11.3 Å². The number of rotatable bonds is 3. The molecule has 0 heterocycles. The average Bonchev–Trinajstić information content (AvgIpc) is 2.19. The van der Waals surface area contributed by atoms with E-state index in [-0.39, 0.29) is 5.75 Å². The second kappa shape index (κ2) is 4.48. The van der Waals surface area contributed by atoms with Crippen LogP contribution in [0.15, 0.2) is 29.3 Å². The smallest absolute Gasteiger partial charge is 0.162 e. The van der Waals surface area contributed by atoms with Gasteiger partial charge in [0.05, 0.1) is 13.2 Å². The summed E-state index contributed by atoms with van der Waals surface area (Å²) in [6.45, 7) is 3.57. The third-order valence-corrected chi connectivity index (χ3v) is 2.36. The molecule has 76 valence electrons. The lowest BCUT2D eigenvalue weighted by Gasteiger charge is -2.12. The van der Waals surface area contributed by atoms with Crippen LogP contribution in [0.25, 0.3) is 0 Å². The molecule has 3 N–H and O–H groups in total. The monoisotopic (exact) mass is 257 g/mol. The van der Waals surface area contributed by atoms with Crippen molar-refractivity contribution in [3.63, 3.8) is 0 Å². The highest BCUT2D eigenvalue weighted by molar-refractivity contribution is 9.10. The molecule has 4 heteroatoms. The number of phenolic OH excluding ortho intramolecular Hbond substituents is 1. The molecular weight excluding hydrogens is 246 g/mol. The van der Waals surface area contributed by atoms with Crippen molar-refractivity contribution in [2.24, 2.45) is 5.73 Å². The van der Waals surface area contributed by atoms with Crippen LogP contribution in [0, 0.1) is 0 Å². The Balaban J connectivity index is 3.28. The molecule has 0 fully saturated rings. The molecular formula is C10H12BrNO2. The van der Waals surface area contributed by atoms with E-state index in [1.165, 1.54) is 7.11 Å². The predicted octanol–water partition coefficient (Wildman–Crippen LogP) is 2.35. The molecule has 0 aliphatic rings. The Morgan fingerprint density at radius 3 is 2.79 bits per heavy atom. The number of ether oxygens (including phenoxy) is 1. The number of aromatic hydroxyl groups is 1. The second-order valence-corrected chi connectivity index (χ2v) is 3.72. The lowest BCUT2D eigenvalue weighted by molar-refractivity contribution is 0.369. The fraction of sp³-hybridized carbons (Fsp3) is 0.200. The molecule has 0 amide bonds. The number of hydrogen-bond acceptors (Lipinski definition) is 3. The first kappa shape index (κ1) is 11.1. The van der Waals surface area contributed by atoms with Gasteiger partial charge in [0.25, 0.3) is 0 Å². The van der Waals surface area contributed by atoms with Crippen molar-refractivity contribution in [1.82, 2.24) is 0 Å². The van der Waals surface area contributed by atoms with Crippen molar-refractivity contribution in [2.75, 3.05) is 7.11 Å². The Kier molecular flexibility index (Phi) is 3.55. The summed E-state index contributed by atoms with van der Waals surface area (Å²) in [5.41, 5.74) is 6.32. The van der Waals surface area contributed by atoms with Crippen LogP contribution in [-0.4, -0.2) is 12.2 Å². The minimum Gasteiger partial charge on any atom is -0.504 e. The molecule has 1 rings (SSSR count). The van der Waals surface area contributed by atoms with Gasteiger partial charge in [-0.1, -0.05) is 22.0 Å². The molecule has 0 saturated carbocycles. The van der Waals surface area contributed by atoms with E-state index in [2.05, 4.69) is 22.5 Å². The Morgan fingerprint density at radius 2 is 2.29 bits per heavy atom. The van der Waals surface area contributed by atoms with Gasteiger partial charge in [0, 0.05) is 10.0 Å². The largest absolute Gasteiger partial charge is 0.504 e. The standard InChI is InChI=1S/C10H12BrNO2/c1-3-8(12)7-4-6(11)5-9(14-2)10(7)13/h3-5,8,13H,1,12H2,2H3/t8-/m0/s1. The number of phenols is 1. The number of hydrogen-bond donors (Lipinski definition) is 2. The van der Waals surface area contributed by atoms with Gasteiger partial charge in [-0.15, -0.1) is 6.58 Å². The first-order valence-corrected chi connectivity index (χ1v) is 4.84. The molecule has 1 aromatic carbocycles. The second-order valence-electron chi connectivity index (χ2n) is 2.81. The maximum atomic E-state index is 9.74. The molecule has 0 bridgehead atoms. The van der Waals surface area contributed by atoms with E-state index < -0.39 is 6.04 Å². The van der Waals surface area contributed by atoms with Gasteiger partial charge in [-0.2, -0.15) is 0 Å². The van der Waals surface area contributed by atoms with E-state index in [1.807, 2.05) is 0 Å². The molecule has 1 aromatic rings. The van der Waals surface area contributed by atoms with Gasteiger partial charge >= 0.3 is 0 Å². The zero-order chi connectivity index (χ0) is 10.7. The van der Waals surface area contributed by atoms with Crippen LogP contribution in [-0.2, 0) is 0 Å². The lowest BCUT2D eigenvalue weighted by atomic mass is 10.1. The highest BCUT2D eigenvalue weighted by Gasteiger charge is 2.13. The minimum absolute atomic E-state index is 0.0584. The van der Waals surface area contributed by atoms with Gasteiger partial charge in [-0.3, -0.25) is 0 Å². The summed E-state index contributed by atoms with van der Waals surface area (Å²) in [6.07, 6.45) is 1.56. The maximum absolute atomic E-state index is 9.74. The fourth-order valence-corrected chi connectivity index (χ4v) is 1.59. The first-order valence-electron chi connectivity index (χ1n) is 4.04. The molecule has 3 nitrogen and oxygen atoms in total. The number of nitrogens with two attached hydrogens (primary N) is 1. The summed E-state index contributed by atoms with van der Waals surface area (Å²) in [5.74, 6) is 0.453. The van der Waals surface area contributed by atoms with E-state index in [0.717, 1.165) is 4.47 Å². The summed E-state index contributed by atoms with van der Waals surface area (Å²) in [5, 5.41) is 9.74. The Morgan fingerprint density at radius 1 is 1.64 bits per heavy atom. The van der Waals surface area contributed by atoms with Gasteiger partial charge in [0.1, 0.15) is 0 Å². The van der Waals surface area contributed by atoms with Crippen LogP contribution in [0.4, 0.5) is 0 Å². The van der Waals surface area contributed by atoms with Gasteiger partial charge in [-0.05, 0) is 12.1 Å². The SMILES string of the molecule is C=C[C@H](N)c1cc(Br)cc(OC)c1O. The molecule has 1 atom stereocenters. The van der Waals surface area contributed by atoms with Gasteiger partial charge < -0.3 is 15.6 Å². The highest BCUT2D eigenvalue weighted by atomic mass is 79.9. The van der Waals surface area contributed by atoms with Crippen molar-refractivity contribution in [3.8, 4) is 11.5 Å². The third kappa shape index (κ3) is 2.08. The van der Waals surface area contributed by atoms with Crippen molar-refractivity contribution >= 4 is 15.9 Å². The summed E-state index contributed by atoms with van der Waals surface area (Å²) in [4.78, 5) is 0. The summed E-state index contributed by atoms with van der Waals surface area (Å²) in [6, 6.07) is 3.01. The van der Waals surface area contributed by atoms with Crippen molar-refractivity contribution in [2.45, 2.75) is 6.04 Å². The van der Waals surface area contributed by atoms with Crippen LogP contribution in [0.5, 0.6) is 11.5 Å². The summed E-state index contributed by atoms with van der Waals surface area (Å²) >= 11 is 3.30. The normalized spacial score (nSPS) is 12.2. The van der Waals surface area contributed by atoms with E-state index in [4.69, 9.17) is 10.5 Å². The van der Waals surface area contributed by atoms with Crippen LogP contribution >= 0.6 is 15.9 Å². The Hall–Kier alpha value is -1.00. The third-order valence-electron chi connectivity index (χ3n) is 1.90. The van der Waals surface area contributed by atoms with Crippen LogP contribution in [0.1, 0.15) is 11.6 Å². The topological polar surface area (TPSA) is 55.5 Å². The van der Waals surface area contributed by atoms with E-state index in [1.54, 1.807) is 18.2 Å². The molecule has 0 unspecified atom stereocenters.